The molecule has 0 saturated heterocycles. The van der Waals surface area contributed by atoms with Gasteiger partial charge in [-0.3, -0.25) is 25.5 Å². The summed E-state index contributed by atoms with van der Waals surface area (Å²) in [6.45, 7) is 5.94. The summed E-state index contributed by atoms with van der Waals surface area (Å²) >= 11 is 1.20. The van der Waals surface area contributed by atoms with Crippen LogP contribution in [-0.2, 0) is 4.79 Å². The standard InChI is InChI=1S/C15H19N5O2S/c1-9(2)13-16-15(20-18-13)23-8-12(21)17-19-14(22)11-6-4-10(3)5-7-11/h4-7,9H,8H2,1-3H3,(H,17,21)(H,19,22)(H,16,18,20). The predicted octanol–water partition coefficient (Wildman–Crippen LogP) is 1.79. The number of carbonyl (C=O) groups is 2. The Morgan fingerprint density at radius 1 is 1.22 bits per heavy atom. The largest absolute Gasteiger partial charge is 0.272 e. The van der Waals surface area contributed by atoms with Crippen molar-refractivity contribution in [1.29, 1.82) is 0 Å². The van der Waals surface area contributed by atoms with Crippen LogP contribution in [0.15, 0.2) is 29.4 Å². The van der Waals surface area contributed by atoms with Crippen molar-refractivity contribution in [3.05, 3.63) is 41.2 Å². The first-order valence-corrected chi connectivity index (χ1v) is 8.15. The van der Waals surface area contributed by atoms with Crippen LogP contribution in [0.5, 0.6) is 0 Å². The van der Waals surface area contributed by atoms with Crippen LogP contribution in [0.4, 0.5) is 0 Å². The maximum atomic E-state index is 11.9. The van der Waals surface area contributed by atoms with Crippen molar-refractivity contribution in [2.75, 3.05) is 5.75 Å². The van der Waals surface area contributed by atoms with Crippen molar-refractivity contribution in [3.8, 4) is 0 Å². The van der Waals surface area contributed by atoms with Crippen molar-refractivity contribution in [2.45, 2.75) is 31.8 Å². The minimum absolute atomic E-state index is 0.115. The minimum Gasteiger partial charge on any atom is -0.272 e. The number of rotatable bonds is 5. The highest BCUT2D eigenvalue weighted by molar-refractivity contribution is 7.99. The fourth-order valence-corrected chi connectivity index (χ4v) is 2.26. The van der Waals surface area contributed by atoms with Crippen LogP contribution in [0.25, 0.3) is 0 Å². The number of carbonyl (C=O) groups excluding carboxylic acids is 2. The van der Waals surface area contributed by atoms with Gasteiger partial charge in [0.1, 0.15) is 5.82 Å². The molecule has 0 aliphatic carbocycles. The summed E-state index contributed by atoms with van der Waals surface area (Å²) in [5.41, 5.74) is 6.30. The molecule has 0 radical (unpaired) electrons. The van der Waals surface area contributed by atoms with E-state index in [0.29, 0.717) is 10.7 Å². The van der Waals surface area contributed by atoms with Crippen LogP contribution >= 0.6 is 11.8 Å². The second-order valence-corrected chi connectivity index (χ2v) is 6.26. The van der Waals surface area contributed by atoms with Gasteiger partial charge >= 0.3 is 0 Å². The zero-order valence-corrected chi connectivity index (χ0v) is 14.0. The average molecular weight is 333 g/mol. The molecule has 23 heavy (non-hydrogen) atoms. The fourth-order valence-electron chi connectivity index (χ4n) is 1.65. The number of aromatic amines is 1. The number of nitrogens with one attached hydrogen (secondary N) is 3. The van der Waals surface area contributed by atoms with Gasteiger partial charge in [-0.1, -0.05) is 43.3 Å². The molecule has 0 saturated carbocycles. The van der Waals surface area contributed by atoms with E-state index in [-0.39, 0.29) is 23.5 Å². The highest BCUT2D eigenvalue weighted by atomic mass is 32.2. The Morgan fingerprint density at radius 2 is 1.91 bits per heavy atom. The third-order valence-electron chi connectivity index (χ3n) is 2.99. The highest BCUT2D eigenvalue weighted by Gasteiger charge is 2.11. The number of aryl methyl sites for hydroxylation is 1. The van der Waals surface area contributed by atoms with Crippen LogP contribution in [0, 0.1) is 6.92 Å². The van der Waals surface area contributed by atoms with E-state index >= 15 is 0 Å². The number of hydrazine groups is 1. The normalized spacial score (nSPS) is 10.6. The number of aromatic nitrogens is 3. The van der Waals surface area contributed by atoms with Gasteiger partial charge in [0.05, 0.1) is 5.75 Å². The summed E-state index contributed by atoms with van der Waals surface area (Å²) < 4.78 is 0. The molecule has 122 valence electrons. The maximum Gasteiger partial charge on any atom is 0.269 e. The molecule has 2 rings (SSSR count). The van der Waals surface area contributed by atoms with Gasteiger partial charge in [-0.15, -0.1) is 5.10 Å². The predicted molar refractivity (Wildman–Crippen MR) is 88.0 cm³/mol. The van der Waals surface area contributed by atoms with Gasteiger partial charge in [-0.25, -0.2) is 4.98 Å². The third-order valence-corrected chi connectivity index (χ3v) is 3.84. The molecule has 7 nitrogen and oxygen atoms in total. The lowest BCUT2D eigenvalue weighted by Crippen LogP contribution is -2.42. The first-order chi connectivity index (χ1) is 11.0. The summed E-state index contributed by atoms with van der Waals surface area (Å²) in [4.78, 5) is 27.8. The van der Waals surface area contributed by atoms with E-state index in [1.54, 1.807) is 12.1 Å². The first-order valence-electron chi connectivity index (χ1n) is 7.16. The van der Waals surface area contributed by atoms with Crippen LogP contribution < -0.4 is 10.9 Å². The number of nitrogens with zero attached hydrogens (tertiary/aromatic N) is 2. The number of hydrogen-bond donors (Lipinski definition) is 3. The Morgan fingerprint density at radius 3 is 2.52 bits per heavy atom. The average Bonchev–Trinajstić information content (AvgIpc) is 3.00. The van der Waals surface area contributed by atoms with E-state index in [2.05, 4.69) is 26.0 Å². The smallest absolute Gasteiger partial charge is 0.269 e. The van der Waals surface area contributed by atoms with E-state index in [1.807, 2.05) is 32.9 Å². The van der Waals surface area contributed by atoms with E-state index in [1.165, 1.54) is 11.8 Å². The first kappa shape index (κ1) is 17.0. The third kappa shape index (κ3) is 5.10. The van der Waals surface area contributed by atoms with E-state index in [4.69, 9.17) is 0 Å². The van der Waals surface area contributed by atoms with Gasteiger partial charge in [-0.2, -0.15) is 0 Å². The van der Waals surface area contributed by atoms with Crippen molar-refractivity contribution >= 4 is 23.6 Å². The summed E-state index contributed by atoms with van der Waals surface area (Å²) in [7, 11) is 0. The molecule has 1 aromatic carbocycles. The lowest BCUT2D eigenvalue weighted by Gasteiger charge is -2.06. The van der Waals surface area contributed by atoms with Gasteiger partial charge in [0.25, 0.3) is 5.91 Å². The van der Waals surface area contributed by atoms with Crippen LogP contribution in [0.1, 0.15) is 41.5 Å². The summed E-state index contributed by atoms with van der Waals surface area (Å²) in [6.07, 6.45) is 0. The topological polar surface area (TPSA) is 99.8 Å². The summed E-state index contributed by atoms with van der Waals surface area (Å²) in [6, 6.07) is 7.07. The van der Waals surface area contributed by atoms with Crippen LogP contribution in [0.3, 0.4) is 0 Å². The molecule has 0 spiro atoms. The monoisotopic (exact) mass is 333 g/mol. The molecule has 0 unspecified atom stereocenters. The molecule has 1 aromatic heterocycles. The van der Waals surface area contributed by atoms with E-state index in [9.17, 15) is 9.59 Å². The number of thioether (sulfide) groups is 1. The SMILES string of the molecule is Cc1ccc(C(=O)NNC(=O)CSc2n[nH]c(C(C)C)n2)cc1. The molecular formula is C15H19N5O2S. The summed E-state index contributed by atoms with van der Waals surface area (Å²) in [5, 5.41) is 7.35. The van der Waals surface area contributed by atoms with Gasteiger partial charge in [0, 0.05) is 11.5 Å². The molecule has 1 heterocycles. The Bertz CT molecular complexity index is 681. The second kappa shape index (κ2) is 7.77. The van der Waals surface area contributed by atoms with E-state index < -0.39 is 0 Å². The zero-order chi connectivity index (χ0) is 16.8. The molecule has 0 aliphatic heterocycles. The van der Waals surface area contributed by atoms with Crippen molar-refractivity contribution in [1.82, 2.24) is 26.0 Å². The molecule has 2 amide bonds. The number of benzene rings is 1. The van der Waals surface area contributed by atoms with Crippen LogP contribution in [-0.4, -0.2) is 32.7 Å². The van der Waals surface area contributed by atoms with E-state index in [0.717, 1.165) is 11.4 Å². The summed E-state index contributed by atoms with van der Waals surface area (Å²) in [5.74, 6) is 0.457. The molecular weight excluding hydrogens is 314 g/mol. The van der Waals surface area contributed by atoms with Crippen LogP contribution in [0.2, 0.25) is 0 Å². The lowest BCUT2D eigenvalue weighted by atomic mass is 10.1. The Balaban J connectivity index is 1.76. The fraction of sp³-hybridized carbons (Fsp3) is 0.333. The van der Waals surface area contributed by atoms with Crippen molar-refractivity contribution < 1.29 is 9.59 Å². The van der Waals surface area contributed by atoms with Crippen molar-refractivity contribution in [3.63, 3.8) is 0 Å². The number of H-pyrrole nitrogens is 1. The van der Waals surface area contributed by atoms with Gasteiger partial charge < -0.3 is 0 Å². The Labute approximate surface area is 138 Å². The van der Waals surface area contributed by atoms with Gasteiger partial charge in [0.2, 0.25) is 11.1 Å². The Hall–Kier alpha value is -2.35. The number of amides is 2. The molecule has 0 bridgehead atoms. The maximum absolute atomic E-state index is 11.9. The van der Waals surface area contributed by atoms with Gasteiger partial charge in [-0.05, 0) is 19.1 Å². The second-order valence-electron chi connectivity index (χ2n) is 5.31. The van der Waals surface area contributed by atoms with Gasteiger partial charge in [0.15, 0.2) is 0 Å². The molecule has 3 N–H and O–H groups in total. The minimum atomic E-state index is -0.358. The lowest BCUT2D eigenvalue weighted by molar-refractivity contribution is -0.119. The number of hydrogen-bond acceptors (Lipinski definition) is 5. The van der Waals surface area contributed by atoms with Crippen molar-refractivity contribution in [2.24, 2.45) is 0 Å². The molecule has 2 aromatic rings. The molecule has 0 aliphatic rings. The highest BCUT2D eigenvalue weighted by Crippen LogP contribution is 2.15. The Kier molecular flexibility index (Phi) is 5.75. The quantitative estimate of drug-likeness (QED) is 0.572. The molecule has 0 atom stereocenters. The zero-order valence-electron chi connectivity index (χ0n) is 13.2. The molecule has 8 heteroatoms. The molecule has 0 fully saturated rings.